The van der Waals surface area contributed by atoms with E-state index in [1.807, 2.05) is 0 Å². The Hall–Kier alpha value is -0.960. The number of carbonyl (C=O) groups is 1. The van der Waals surface area contributed by atoms with Crippen molar-refractivity contribution in [1.82, 2.24) is 19.8 Å². The summed E-state index contributed by atoms with van der Waals surface area (Å²) in [6.07, 6.45) is 1.63. The molecule has 0 radical (unpaired) electrons. The van der Waals surface area contributed by atoms with Gasteiger partial charge in [0, 0.05) is 19.6 Å². The van der Waals surface area contributed by atoms with Gasteiger partial charge in [0.15, 0.2) is 10.3 Å². The number of nitrogens with zero attached hydrogens (tertiary/aromatic N) is 3. The lowest BCUT2D eigenvalue weighted by Crippen LogP contribution is -2.33. The molecular weight excluding hydrogens is 339 g/mol. The molecule has 0 aliphatic rings. The highest BCUT2D eigenvalue weighted by molar-refractivity contribution is 7.88. The lowest BCUT2D eigenvalue weighted by molar-refractivity contribution is 0.0952. The highest BCUT2D eigenvalue weighted by Gasteiger charge is 2.15. The topological polar surface area (TPSA) is 92.3 Å². The molecule has 7 nitrogen and oxygen atoms in total. The van der Waals surface area contributed by atoms with Gasteiger partial charge in [0.05, 0.1) is 11.8 Å². The quantitative estimate of drug-likeness (QED) is 0.742. The molecule has 0 aromatic carbocycles. The Kier molecular flexibility index (Phi) is 6.79. The highest BCUT2D eigenvalue weighted by Crippen LogP contribution is 2.14. The fourth-order valence-corrected chi connectivity index (χ4v) is 2.88. The maximum atomic E-state index is 11.9. The number of aromatic nitrogens is 2. The van der Waals surface area contributed by atoms with Gasteiger partial charge in [-0.1, -0.05) is 30.1 Å². The van der Waals surface area contributed by atoms with Crippen LogP contribution in [0.3, 0.4) is 0 Å². The van der Waals surface area contributed by atoms with Crippen LogP contribution in [0.5, 0.6) is 0 Å². The van der Waals surface area contributed by atoms with E-state index < -0.39 is 15.9 Å². The summed E-state index contributed by atoms with van der Waals surface area (Å²) in [6, 6.07) is 1.32. The summed E-state index contributed by atoms with van der Waals surface area (Å²) in [4.78, 5) is 11.9. The van der Waals surface area contributed by atoms with Crippen LogP contribution >= 0.6 is 23.2 Å². The highest BCUT2D eigenvalue weighted by atomic mass is 35.5. The molecule has 0 unspecified atom stereocenters. The van der Waals surface area contributed by atoms with Crippen molar-refractivity contribution >= 4 is 39.1 Å². The van der Waals surface area contributed by atoms with Crippen molar-refractivity contribution < 1.29 is 13.2 Å². The minimum absolute atomic E-state index is 0.0387. The molecule has 1 aromatic heterocycles. The Bertz CT molecular complexity index is 609. The van der Waals surface area contributed by atoms with Gasteiger partial charge in [0.2, 0.25) is 10.0 Å². The van der Waals surface area contributed by atoms with Crippen LogP contribution in [0.25, 0.3) is 0 Å². The van der Waals surface area contributed by atoms with Gasteiger partial charge >= 0.3 is 0 Å². The first-order chi connectivity index (χ1) is 9.75. The Balaban J connectivity index is 2.49. The van der Waals surface area contributed by atoms with Crippen molar-refractivity contribution in [2.45, 2.75) is 13.3 Å². The van der Waals surface area contributed by atoms with Crippen molar-refractivity contribution in [3.63, 3.8) is 0 Å². The SMILES string of the molecule is CCN(CCCNC(=O)c1cc(Cl)nnc1Cl)S(C)(=O)=O. The van der Waals surface area contributed by atoms with E-state index in [9.17, 15) is 13.2 Å². The van der Waals surface area contributed by atoms with E-state index in [1.54, 1.807) is 6.92 Å². The van der Waals surface area contributed by atoms with Gasteiger partial charge in [-0.25, -0.2) is 12.7 Å². The summed E-state index contributed by atoms with van der Waals surface area (Å²) >= 11 is 11.4. The molecule has 21 heavy (non-hydrogen) atoms. The molecular formula is C11H16Cl2N4O3S. The molecule has 0 saturated heterocycles. The molecule has 118 valence electrons. The Morgan fingerprint density at radius 2 is 2.05 bits per heavy atom. The molecule has 0 spiro atoms. The number of carbonyl (C=O) groups excluding carboxylic acids is 1. The maximum Gasteiger partial charge on any atom is 0.254 e. The third-order valence-corrected chi connectivity index (χ3v) is 4.50. The fraction of sp³-hybridized carbons (Fsp3) is 0.545. The summed E-state index contributed by atoms with van der Waals surface area (Å²) in [6.45, 7) is 2.78. The van der Waals surface area contributed by atoms with Crippen LogP contribution in [0, 0.1) is 0 Å². The summed E-state index contributed by atoms with van der Waals surface area (Å²) in [7, 11) is -3.22. The van der Waals surface area contributed by atoms with Crippen molar-refractivity contribution in [3.05, 3.63) is 21.9 Å². The lowest BCUT2D eigenvalue weighted by Gasteiger charge is -2.17. The van der Waals surface area contributed by atoms with Gasteiger partial charge in [-0.2, -0.15) is 0 Å². The third kappa shape index (κ3) is 5.74. The predicted octanol–water partition coefficient (Wildman–Crippen LogP) is 1.18. The molecule has 1 aromatic rings. The molecule has 0 aliphatic heterocycles. The zero-order chi connectivity index (χ0) is 16.0. The van der Waals surface area contributed by atoms with Crippen LogP contribution in [0.1, 0.15) is 23.7 Å². The molecule has 1 rings (SSSR count). The number of rotatable bonds is 7. The number of nitrogens with one attached hydrogen (secondary N) is 1. The minimum Gasteiger partial charge on any atom is -0.352 e. The summed E-state index contributed by atoms with van der Waals surface area (Å²) < 4.78 is 24.1. The molecule has 0 bridgehead atoms. The lowest BCUT2D eigenvalue weighted by atomic mass is 10.3. The van der Waals surface area contributed by atoms with Crippen molar-refractivity contribution in [2.75, 3.05) is 25.9 Å². The smallest absolute Gasteiger partial charge is 0.254 e. The average molecular weight is 355 g/mol. The second kappa shape index (κ2) is 7.88. The van der Waals surface area contributed by atoms with E-state index >= 15 is 0 Å². The first-order valence-electron chi connectivity index (χ1n) is 6.17. The molecule has 10 heteroatoms. The van der Waals surface area contributed by atoms with Crippen molar-refractivity contribution in [2.24, 2.45) is 0 Å². The van der Waals surface area contributed by atoms with Crippen molar-refractivity contribution in [3.8, 4) is 0 Å². The van der Waals surface area contributed by atoms with Crippen LogP contribution in [-0.4, -0.2) is 54.7 Å². The van der Waals surface area contributed by atoms with E-state index in [0.29, 0.717) is 26.1 Å². The van der Waals surface area contributed by atoms with Gasteiger partial charge in [-0.15, -0.1) is 10.2 Å². The first kappa shape index (κ1) is 18.1. The maximum absolute atomic E-state index is 11.9. The first-order valence-corrected chi connectivity index (χ1v) is 8.78. The van der Waals surface area contributed by atoms with E-state index in [4.69, 9.17) is 23.2 Å². The van der Waals surface area contributed by atoms with Crippen molar-refractivity contribution in [1.29, 1.82) is 0 Å². The van der Waals surface area contributed by atoms with Gasteiger partial charge in [-0.3, -0.25) is 4.79 Å². The van der Waals surface area contributed by atoms with Gasteiger partial charge in [0.1, 0.15) is 0 Å². The van der Waals surface area contributed by atoms with Crippen LogP contribution < -0.4 is 5.32 Å². The fourth-order valence-electron chi connectivity index (χ4n) is 1.62. The largest absolute Gasteiger partial charge is 0.352 e. The van der Waals surface area contributed by atoms with Gasteiger partial charge < -0.3 is 5.32 Å². The van der Waals surface area contributed by atoms with Crippen LogP contribution in [0.15, 0.2) is 6.07 Å². The summed E-state index contributed by atoms with van der Waals surface area (Å²) in [5.41, 5.74) is 0.132. The molecule has 1 amide bonds. The monoisotopic (exact) mass is 354 g/mol. The number of hydrogen-bond acceptors (Lipinski definition) is 5. The van der Waals surface area contributed by atoms with Gasteiger partial charge in [0.25, 0.3) is 5.91 Å². The second-order valence-corrected chi connectivity index (χ2v) is 6.96. The molecule has 1 heterocycles. The zero-order valence-corrected chi connectivity index (χ0v) is 14.0. The Morgan fingerprint density at radius 3 is 2.62 bits per heavy atom. The molecule has 0 saturated carbocycles. The Morgan fingerprint density at radius 1 is 1.38 bits per heavy atom. The zero-order valence-electron chi connectivity index (χ0n) is 11.6. The van der Waals surface area contributed by atoms with E-state index in [2.05, 4.69) is 15.5 Å². The van der Waals surface area contributed by atoms with Crippen LogP contribution in [0.2, 0.25) is 10.3 Å². The van der Waals surface area contributed by atoms with E-state index in [-0.39, 0.29) is 15.9 Å². The van der Waals surface area contributed by atoms with E-state index in [1.165, 1.54) is 10.4 Å². The molecule has 1 N–H and O–H groups in total. The minimum atomic E-state index is -3.22. The van der Waals surface area contributed by atoms with E-state index in [0.717, 1.165) is 6.26 Å². The molecule has 0 atom stereocenters. The van der Waals surface area contributed by atoms with Gasteiger partial charge in [-0.05, 0) is 12.5 Å². The van der Waals surface area contributed by atoms with Crippen LogP contribution in [0.4, 0.5) is 0 Å². The number of sulfonamides is 1. The summed E-state index contributed by atoms with van der Waals surface area (Å²) in [5.74, 6) is -0.431. The Labute approximate surface area is 133 Å². The summed E-state index contributed by atoms with van der Waals surface area (Å²) in [5, 5.41) is 9.70. The molecule has 0 aliphatic carbocycles. The normalized spacial score (nSPS) is 11.7. The standard InChI is InChI=1S/C11H16Cl2N4O3S/c1-3-17(21(2,19)20)6-4-5-14-11(18)8-7-9(12)15-16-10(8)13/h7H,3-6H2,1-2H3,(H,14,18). The average Bonchev–Trinajstić information content (AvgIpc) is 2.39. The second-order valence-electron chi connectivity index (χ2n) is 4.24. The number of amides is 1. The number of halogens is 2. The number of hydrogen-bond donors (Lipinski definition) is 1. The van der Waals surface area contributed by atoms with Crippen LogP contribution in [-0.2, 0) is 10.0 Å². The predicted molar refractivity (Wildman–Crippen MR) is 81.1 cm³/mol. The third-order valence-electron chi connectivity index (χ3n) is 2.66. The molecule has 0 fully saturated rings.